The smallest absolute Gasteiger partial charge is 0.338 e. The molecular formula is C16H18O5. The van der Waals surface area contributed by atoms with E-state index in [1.54, 1.807) is 24.3 Å². The molecule has 2 bridgehead atoms. The van der Waals surface area contributed by atoms with Crippen LogP contribution < -0.4 is 0 Å². The van der Waals surface area contributed by atoms with Crippen molar-refractivity contribution in [3.05, 3.63) is 35.9 Å². The molecule has 5 nitrogen and oxygen atoms in total. The van der Waals surface area contributed by atoms with Crippen LogP contribution in [0, 0.1) is 5.92 Å². The van der Waals surface area contributed by atoms with Gasteiger partial charge in [-0.2, -0.15) is 0 Å². The van der Waals surface area contributed by atoms with E-state index in [9.17, 15) is 9.59 Å². The maximum absolute atomic E-state index is 12.2. The number of carbonyl (C=O) groups excluding carboxylic acids is 2. The first-order valence-electron chi connectivity index (χ1n) is 7.18. The van der Waals surface area contributed by atoms with Crippen molar-refractivity contribution in [1.29, 1.82) is 0 Å². The van der Waals surface area contributed by atoms with E-state index in [-0.39, 0.29) is 18.2 Å². The zero-order chi connectivity index (χ0) is 14.8. The lowest BCUT2D eigenvalue weighted by atomic mass is 9.92. The van der Waals surface area contributed by atoms with Gasteiger partial charge in [-0.15, -0.1) is 0 Å². The van der Waals surface area contributed by atoms with Gasteiger partial charge in [0.15, 0.2) is 0 Å². The summed E-state index contributed by atoms with van der Waals surface area (Å²) < 4.78 is 16.2. The Labute approximate surface area is 123 Å². The van der Waals surface area contributed by atoms with Crippen LogP contribution in [0.5, 0.6) is 0 Å². The van der Waals surface area contributed by atoms with Crippen molar-refractivity contribution in [2.75, 3.05) is 7.11 Å². The molecule has 4 atom stereocenters. The molecule has 1 aromatic carbocycles. The summed E-state index contributed by atoms with van der Waals surface area (Å²) in [6.45, 7) is 0. The maximum atomic E-state index is 12.2. The normalized spacial score (nSPS) is 30.7. The van der Waals surface area contributed by atoms with E-state index in [4.69, 9.17) is 14.2 Å². The van der Waals surface area contributed by atoms with Gasteiger partial charge in [-0.05, 0) is 25.0 Å². The van der Waals surface area contributed by atoms with Gasteiger partial charge in [-0.1, -0.05) is 18.2 Å². The van der Waals surface area contributed by atoms with Crippen molar-refractivity contribution < 1.29 is 23.8 Å². The van der Waals surface area contributed by atoms with Crippen LogP contribution in [-0.4, -0.2) is 37.4 Å². The van der Waals surface area contributed by atoms with E-state index >= 15 is 0 Å². The standard InChI is InChI=1S/C16H18O5/c1-19-16(18)14-12-8-7-11(20-12)9-13(14)21-15(17)10-5-3-2-4-6-10/h2-6,11-14H,7-9H2,1H3/t11-,12+,13-,14+/m0/s1. The first-order valence-corrected chi connectivity index (χ1v) is 7.18. The van der Waals surface area contributed by atoms with E-state index in [0.717, 1.165) is 12.8 Å². The summed E-state index contributed by atoms with van der Waals surface area (Å²) in [5, 5.41) is 0. The van der Waals surface area contributed by atoms with Gasteiger partial charge in [-0.3, -0.25) is 4.79 Å². The summed E-state index contributed by atoms with van der Waals surface area (Å²) in [5.41, 5.74) is 0.486. The molecular weight excluding hydrogens is 272 g/mol. The Morgan fingerprint density at radius 3 is 2.67 bits per heavy atom. The number of hydrogen-bond acceptors (Lipinski definition) is 5. The number of carbonyl (C=O) groups is 2. The molecule has 5 heteroatoms. The highest BCUT2D eigenvalue weighted by Gasteiger charge is 2.49. The Morgan fingerprint density at radius 1 is 1.19 bits per heavy atom. The second kappa shape index (κ2) is 5.85. The van der Waals surface area contributed by atoms with Gasteiger partial charge in [-0.25, -0.2) is 4.79 Å². The summed E-state index contributed by atoms with van der Waals surface area (Å²) in [6.07, 6.45) is 1.65. The first kappa shape index (κ1) is 14.1. The molecule has 112 valence electrons. The molecule has 21 heavy (non-hydrogen) atoms. The average Bonchev–Trinajstić information content (AvgIpc) is 2.89. The van der Waals surface area contributed by atoms with E-state index < -0.39 is 18.0 Å². The third kappa shape index (κ3) is 2.78. The summed E-state index contributed by atoms with van der Waals surface area (Å²) in [7, 11) is 1.35. The van der Waals surface area contributed by atoms with Crippen LogP contribution in [0.4, 0.5) is 0 Å². The third-order valence-corrected chi connectivity index (χ3v) is 4.18. The quantitative estimate of drug-likeness (QED) is 0.796. The average molecular weight is 290 g/mol. The third-order valence-electron chi connectivity index (χ3n) is 4.18. The van der Waals surface area contributed by atoms with Crippen molar-refractivity contribution in [2.24, 2.45) is 5.92 Å². The molecule has 0 unspecified atom stereocenters. The summed E-state index contributed by atoms with van der Waals surface area (Å²) in [6, 6.07) is 8.79. The lowest BCUT2D eigenvalue weighted by Crippen LogP contribution is -2.46. The minimum Gasteiger partial charge on any atom is -0.469 e. The summed E-state index contributed by atoms with van der Waals surface area (Å²) >= 11 is 0. The number of methoxy groups -OCH3 is 1. The van der Waals surface area contributed by atoms with E-state index in [1.165, 1.54) is 7.11 Å². The Morgan fingerprint density at radius 2 is 1.95 bits per heavy atom. The molecule has 0 amide bonds. The minimum atomic E-state index is -0.526. The van der Waals surface area contributed by atoms with Gasteiger partial charge in [0.2, 0.25) is 0 Å². The molecule has 1 aromatic rings. The molecule has 2 heterocycles. The van der Waals surface area contributed by atoms with Crippen LogP contribution in [0.25, 0.3) is 0 Å². The van der Waals surface area contributed by atoms with Gasteiger partial charge in [0, 0.05) is 6.42 Å². The minimum absolute atomic E-state index is 0.0736. The van der Waals surface area contributed by atoms with Crippen LogP contribution in [0.2, 0.25) is 0 Å². The largest absolute Gasteiger partial charge is 0.469 e. The van der Waals surface area contributed by atoms with E-state index in [1.807, 2.05) is 6.07 Å². The second-order valence-corrected chi connectivity index (χ2v) is 5.47. The molecule has 2 aliphatic heterocycles. The predicted octanol–water partition coefficient (Wildman–Crippen LogP) is 1.95. The molecule has 0 saturated carbocycles. The topological polar surface area (TPSA) is 61.8 Å². The van der Waals surface area contributed by atoms with Gasteiger partial charge >= 0.3 is 11.9 Å². The maximum Gasteiger partial charge on any atom is 0.338 e. The van der Waals surface area contributed by atoms with E-state index in [0.29, 0.717) is 12.0 Å². The zero-order valence-corrected chi connectivity index (χ0v) is 11.9. The van der Waals surface area contributed by atoms with Crippen LogP contribution in [0.15, 0.2) is 30.3 Å². The molecule has 0 radical (unpaired) electrons. The molecule has 0 spiro atoms. The number of rotatable bonds is 3. The summed E-state index contributed by atoms with van der Waals surface area (Å²) in [5.74, 6) is -1.30. The highest BCUT2D eigenvalue weighted by Crippen LogP contribution is 2.38. The molecule has 2 aliphatic rings. The predicted molar refractivity (Wildman–Crippen MR) is 73.7 cm³/mol. The SMILES string of the molecule is COC(=O)[C@H]1[C@@H](OC(=O)c2ccccc2)C[C@@H]2CC[C@H]1O2. The van der Waals surface area contributed by atoms with Crippen molar-refractivity contribution in [3.63, 3.8) is 0 Å². The van der Waals surface area contributed by atoms with Crippen LogP contribution in [-0.2, 0) is 19.0 Å². The van der Waals surface area contributed by atoms with Crippen molar-refractivity contribution >= 4 is 11.9 Å². The number of fused-ring (bicyclic) bond motifs is 2. The Kier molecular flexibility index (Phi) is 3.92. The van der Waals surface area contributed by atoms with Crippen molar-refractivity contribution in [2.45, 2.75) is 37.6 Å². The Hall–Kier alpha value is -1.88. The van der Waals surface area contributed by atoms with E-state index in [2.05, 4.69) is 0 Å². The molecule has 3 rings (SSSR count). The molecule has 2 saturated heterocycles. The lowest BCUT2D eigenvalue weighted by Gasteiger charge is -2.34. The fourth-order valence-electron chi connectivity index (χ4n) is 3.16. The van der Waals surface area contributed by atoms with Crippen LogP contribution >= 0.6 is 0 Å². The fraction of sp³-hybridized carbons (Fsp3) is 0.500. The van der Waals surface area contributed by atoms with Gasteiger partial charge in [0.25, 0.3) is 0 Å². The monoisotopic (exact) mass is 290 g/mol. The number of hydrogen-bond donors (Lipinski definition) is 0. The highest BCUT2D eigenvalue weighted by molar-refractivity contribution is 5.89. The van der Waals surface area contributed by atoms with Crippen LogP contribution in [0.3, 0.4) is 0 Å². The van der Waals surface area contributed by atoms with Gasteiger partial charge in [0.1, 0.15) is 12.0 Å². The van der Waals surface area contributed by atoms with Gasteiger partial charge < -0.3 is 14.2 Å². The Bertz CT molecular complexity index is 527. The number of benzene rings is 1. The highest BCUT2D eigenvalue weighted by atomic mass is 16.6. The molecule has 0 aromatic heterocycles. The number of ether oxygens (including phenoxy) is 3. The molecule has 0 aliphatic carbocycles. The molecule has 2 fully saturated rings. The zero-order valence-electron chi connectivity index (χ0n) is 11.9. The summed E-state index contributed by atoms with van der Waals surface area (Å²) in [4.78, 5) is 24.2. The fourth-order valence-corrected chi connectivity index (χ4v) is 3.16. The Balaban J connectivity index is 1.76. The van der Waals surface area contributed by atoms with Gasteiger partial charge in [0.05, 0.1) is 24.9 Å². The lowest BCUT2D eigenvalue weighted by molar-refractivity contribution is -0.166. The second-order valence-electron chi connectivity index (χ2n) is 5.47. The van der Waals surface area contributed by atoms with Crippen LogP contribution in [0.1, 0.15) is 29.6 Å². The van der Waals surface area contributed by atoms with Crippen molar-refractivity contribution in [1.82, 2.24) is 0 Å². The first-order chi connectivity index (χ1) is 10.2. The van der Waals surface area contributed by atoms with Crippen molar-refractivity contribution in [3.8, 4) is 0 Å². The number of esters is 2. The molecule has 0 N–H and O–H groups in total.